The fraction of sp³-hybridized carbons (Fsp3) is 0.188. The number of hydrogen-bond donors (Lipinski definition) is 0. The van der Waals surface area contributed by atoms with Crippen LogP contribution in [0.1, 0.15) is 16.8 Å². The molecule has 1 aromatic rings. The van der Waals surface area contributed by atoms with Gasteiger partial charge in [0.05, 0.1) is 0 Å². The first-order chi connectivity index (χ1) is 9.33. The molecule has 3 heteroatoms. The van der Waals surface area contributed by atoms with E-state index in [-0.39, 0.29) is 12.6 Å². The Labute approximate surface area is 111 Å². The summed E-state index contributed by atoms with van der Waals surface area (Å²) in [6.07, 6.45) is 12.7. The van der Waals surface area contributed by atoms with Crippen LogP contribution in [-0.4, -0.2) is 12.6 Å². The van der Waals surface area contributed by atoms with Crippen molar-refractivity contribution in [1.82, 2.24) is 0 Å². The highest BCUT2D eigenvalue weighted by molar-refractivity contribution is 6.04. The summed E-state index contributed by atoms with van der Waals surface area (Å²) in [4.78, 5) is 12.1. The summed E-state index contributed by atoms with van der Waals surface area (Å²) in [7, 11) is 0. The highest BCUT2D eigenvalue weighted by Crippen LogP contribution is 2.32. The molecule has 1 heterocycles. The summed E-state index contributed by atoms with van der Waals surface area (Å²) >= 11 is 0. The van der Waals surface area contributed by atoms with Gasteiger partial charge in [0.15, 0.2) is 17.3 Å². The Kier molecular flexibility index (Phi) is 3.19. The van der Waals surface area contributed by atoms with Crippen LogP contribution in [0.15, 0.2) is 54.7 Å². The number of rotatable bonds is 3. The molecule has 0 N–H and O–H groups in total. The van der Waals surface area contributed by atoms with Gasteiger partial charge in [-0.15, -0.1) is 0 Å². The zero-order valence-corrected chi connectivity index (χ0v) is 10.4. The maximum Gasteiger partial charge on any atom is 0.231 e. The molecule has 1 aromatic carbocycles. The number of ketones is 1. The van der Waals surface area contributed by atoms with Crippen LogP contribution in [0.3, 0.4) is 0 Å². The minimum atomic E-state index is -0.0127. The molecular formula is C16H14O3. The minimum Gasteiger partial charge on any atom is -0.454 e. The fourth-order valence-corrected chi connectivity index (χ4v) is 2.10. The standard InChI is InChI=1S/C16H14O3/c17-14(8-6-12-4-2-1-3-5-12)13-7-9-15-16(10-13)19-11-18-15/h1-4,6-10,12H,5,11H2. The van der Waals surface area contributed by atoms with Crippen LogP contribution in [0.2, 0.25) is 0 Å². The maximum atomic E-state index is 12.1. The summed E-state index contributed by atoms with van der Waals surface area (Å²) in [5.41, 5.74) is 0.621. The average molecular weight is 254 g/mol. The summed E-state index contributed by atoms with van der Waals surface area (Å²) in [6, 6.07) is 5.26. The van der Waals surface area contributed by atoms with E-state index in [4.69, 9.17) is 9.47 Å². The van der Waals surface area contributed by atoms with E-state index in [9.17, 15) is 4.79 Å². The first kappa shape index (κ1) is 11.8. The first-order valence-corrected chi connectivity index (χ1v) is 6.28. The predicted octanol–water partition coefficient (Wildman–Crippen LogP) is 3.29. The lowest BCUT2D eigenvalue weighted by Crippen LogP contribution is -1.98. The Morgan fingerprint density at radius 3 is 2.95 bits per heavy atom. The number of ether oxygens (including phenoxy) is 2. The lowest BCUT2D eigenvalue weighted by atomic mass is 9.99. The summed E-state index contributed by atoms with van der Waals surface area (Å²) in [5.74, 6) is 1.63. The predicted molar refractivity (Wildman–Crippen MR) is 72.4 cm³/mol. The Morgan fingerprint density at radius 1 is 1.21 bits per heavy atom. The van der Waals surface area contributed by atoms with Crippen LogP contribution in [0.4, 0.5) is 0 Å². The van der Waals surface area contributed by atoms with Crippen LogP contribution >= 0.6 is 0 Å². The second-order valence-corrected chi connectivity index (χ2v) is 4.50. The third kappa shape index (κ3) is 2.60. The van der Waals surface area contributed by atoms with Crippen molar-refractivity contribution in [2.24, 2.45) is 5.92 Å². The van der Waals surface area contributed by atoms with Gasteiger partial charge in [0.25, 0.3) is 0 Å². The smallest absolute Gasteiger partial charge is 0.231 e. The summed E-state index contributed by atoms with van der Waals surface area (Å²) in [5, 5.41) is 0. The molecule has 3 nitrogen and oxygen atoms in total. The SMILES string of the molecule is O=C(C=CC1C=CC=CC1)c1ccc2c(c1)OCO2. The lowest BCUT2D eigenvalue weighted by molar-refractivity contribution is 0.104. The lowest BCUT2D eigenvalue weighted by Gasteiger charge is -2.06. The first-order valence-electron chi connectivity index (χ1n) is 6.28. The van der Waals surface area contributed by atoms with Gasteiger partial charge in [-0.3, -0.25) is 4.79 Å². The highest BCUT2D eigenvalue weighted by Gasteiger charge is 2.15. The van der Waals surface area contributed by atoms with Crippen molar-refractivity contribution in [3.63, 3.8) is 0 Å². The molecule has 0 radical (unpaired) electrons. The number of carbonyl (C=O) groups is 1. The zero-order chi connectivity index (χ0) is 13.1. The molecule has 1 unspecified atom stereocenters. The van der Waals surface area contributed by atoms with E-state index in [0.717, 1.165) is 6.42 Å². The summed E-state index contributed by atoms with van der Waals surface area (Å²) in [6.45, 7) is 0.224. The van der Waals surface area contributed by atoms with E-state index >= 15 is 0 Å². The molecule has 96 valence electrons. The van der Waals surface area contributed by atoms with E-state index < -0.39 is 0 Å². The highest BCUT2D eigenvalue weighted by atomic mass is 16.7. The third-order valence-corrected chi connectivity index (χ3v) is 3.17. The number of allylic oxidation sites excluding steroid dienone is 6. The van der Waals surface area contributed by atoms with Crippen LogP contribution in [0.5, 0.6) is 11.5 Å². The second kappa shape index (κ2) is 5.14. The van der Waals surface area contributed by atoms with Crippen molar-refractivity contribution in [1.29, 1.82) is 0 Å². The largest absolute Gasteiger partial charge is 0.454 e. The minimum absolute atomic E-state index is 0.0127. The Bertz CT molecular complexity index is 582. The molecule has 0 fully saturated rings. The fourth-order valence-electron chi connectivity index (χ4n) is 2.10. The second-order valence-electron chi connectivity index (χ2n) is 4.50. The maximum absolute atomic E-state index is 12.1. The molecule has 0 bridgehead atoms. The monoisotopic (exact) mass is 254 g/mol. The van der Waals surface area contributed by atoms with Gasteiger partial charge in [0.2, 0.25) is 6.79 Å². The molecular weight excluding hydrogens is 240 g/mol. The van der Waals surface area contributed by atoms with Crippen LogP contribution < -0.4 is 9.47 Å². The third-order valence-electron chi connectivity index (χ3n) is 3.17. The van der Waals surface area contributed by atoms with Gasteiger partial charge in [0.1, 0.15) is 0 Å². The van der Waals surface area contributed by atoms with Crippen molar-refractivity contribution >= 4 is 5.78 Å². The number of benzene rings is 1. The zero-order valence-electron chi connectivity index (χ0n) is 10.4. The molecule has 19 heavy (non-hydrogen) atoms. The summed E-state index contributed by atoms with van der Waals surface area (Å²) < 4.78 is 10.5. The molecule has 0 spiro atoms. The molecule has 0 saturated heterocycles. The van der Waals surface area contributed by atoms with Gasteiger partial charge in [-0.2, -0.15) is 0 Å². The molecule has 1 atom stereocenters. The average Bonchev–Trinajstić information content (AvgIpc) is 2.93. The van der Waals surface area contributed by atoms with E-state index in [1.54, 1.807) is 24.3 Å². The number of carbonyl (C=O) groups excluding carboxylic acids is 1. The topological polar surface area (TPSA) is 35.5 Å². The van der Waals surface area contributed by atoms with Crippen molar-refractivity contribution in [2.45, 2.75) is 6.42 Å². The van der Waals surface area contributed by atoms with Crippen molar-refractivity contribution < 1.29 is 14.3 Å². The molecule has 0 amide bonds. The molecule has 2 aliphatic rings. The van der Waals surface area contributed by atoms with Crippen LogP contribution in [0.25, 0.3) is 0 Å². The van der Waals surface area contributed by atoms with E-state index in [1.807, 2.05) is 18.2 Å². The Balaban J connectivity index is 1.72. The van der Waals surface area contributed by atoms with Crippen LogP contribution in [0, 0.1) is 5.92 Å². The van der Waals surface area contributed by atoms with E-state index in [2.05, 4.69) is 12.2 Å². The van der Waals surface area contributed by atoms with Gasteiger partial charge in [-0.25, -0.2) is 0 Å². The normalized spacial score (nSPS) is 20.1. The number of hydrogen-bond acceptors (Lipinski definition) is 3. The Hall–Kier alpha value is -2.29. The van der Waals surface area contributed by atoms with E-state index in [1.165, 1.54) is 0 Å². The van der Waals surface area contributed by atoms with Gasteiger partial charge < -0.3 is 9.47 Å². The van der Waals surface area contributed by atoms with Crippen molar-refractivity contribution in [2.75, 3.05) is 6.79 Å². The van der Waals surface area contributed by atoms with Crippen molar-refractivity contribution in [3.8, 4) is 11.5 Å². The molecule has 1 aliphatic heterocycles. The molecule has 3 rings (SSSR count). The van der Waals surface area contributed by atoms with Gasteiger partial charge in [-0.05, 0) is 36.6 Å². The van der Waals surface area contributed by atoms with Gasteiger partial charge in [-0.1, -0.05) is 30.4 Å². The van der Waals surface area contributed by atoms with Gasteiger partial charge >= 0.3 is 0 Å². The Morgan fingerprint density at radius 2 is 2.11 bits per heavy atom. The van der Waals surface area contributed by atoms with E-state index in [0.29, 0.717) is 23.0 Å². The molecule has 1 aliphatic carbocycles. The van der Waals surface area contributed by atoms with Gasteiger partial charge in [0, 0.05) is 5.56 Å². The molecule has 0 saturated carbocycles. The number of fused-ring (bicyclic) bond motifs is 1. The van der Waals surface area contributed by atoms with Crippen LogP contribution in [-0.2, 0) is 0 Å². The quantitative estimate of drug-likeness (QED) is 0.613. The van der Waals surface area contributed by atoms with Crippen molar-refractivity contribution in [3.05, 3.63) is 60.2 Å². The molecule has 0 aromatic heterocycles.